The highest BCUT2D eigenvalue weighted by Crippen LogP contribution is 2.36. The number of amides is 3. The maximum atomic E-state index is 13.1. The summed E-state index contributed by atoms with van der Waals surface area (Å²) in [4.78, 5) is 46.6. The van der Waals surface area contributed by atoms with Gasteiger partial charge in [0.25, 0.3) is 5.91 Å². The quantitative estimate of drug-likeness (QED) is 0.119. The van der Waals surface area contributed by atoms with E-state index in [1.807, 2.05) is 24.3 Å². The van der Waals surface area contributed by atoms with E-state index < -0.39 is 6.04 Å². The molecule has 296 valence electrons. The number of phenols is 1. The lowest BCUT2D eigenvalue weighted by Gasteiger charge is -2.39. The van der Waals surface area contributed by atoms with Gasteiger partial charge in [-0.2, -0.15) is 0 Å². The molecule has 2 N–H and O–H groups in total. The summed E-state index contributed by atoms with van der Waals surface area (Å²) >= 11 is 0. The fourth-order valence-corrected chi connectivity index (χ4v) is 9.36. The van der Waals surface area contributed by atoms with Crippen molar-refractivity contribution in [1.82, 2.24) is 20.0 Å². The highest BCUT2D eigenvalue weighted by atomic mass is 16.3. The molecule has 0 spiro atoms. The number of nitrogens with one attached hydrogen (secondary N) is 1. The van der Waals surface area contributed by atoms with Gasteiger partial charge >= 0.3 is 0 Å². The molecule has 0 aliphatic carbocycles. The Labute approximate surface area is 337 Å². The third kappa shape index (κ3) is 8.85. The maximum absolute atomic E-state index is 13.1. The van der Waals surface area contributed by atoms with Crippen molar-refractivity contribution in [2.24, 2.45) is 5.92 Å². The van der Waals surface area contributed by atoms with Crippen molar-refractivity contribution in [3.05, 3.63) is 130 Å². The first-order valence-corrected chi connectivity index (χ1v) is 21.0. The van der Waals surface area contributed by atoms with Crippen molar-refractivity contribution < 1.29 is 19.5 Å². The summed E-state index contributed by atoms with van der Waals surface area (Å²) in [6.07, 6.45) is 6.29. The van der Waals surface area contributed by atoms with Crippen LogP contribution in [0, 0.1) is 5.92 Å². The van der Waals surface area contributed by atoms with E-state index in [0.29, 0.717) is 18.5 Å². The summed E-state index contributed by atoms with van der Waals surface area (Å²) in [6.45, 7) is 11.3. The van der Waals surface area contributed by atoms with Crippen LogP contribution in [0.4, 0.5) is 5.69 Å². The third-order valence-corrected chi connectivity index (χ3v) is 12.6. The van der Waals surface area contributed by atoms with E-state index in [1.54, 1.807) is 17.0 Å². The normalized spacial score (nSPS) is 20.1. The van der Waals surface area contributed by atoms with Crippen molar-refractivity contribution in [3.63, 3.8) is 0 Å². The van der Waals surface area contributed by atoms with Crippen molar-refractivity contribution >= 4 is 34.6 Å². The molecule has 4 aliphatic heterocycles. The van der Waals surface area contributed by atoms with Gasteiger partial charge in [-0.3, -0.25) is 24.6 Å². The molecule has 3 amide bonds. The summed E-state index contributed by atoms with van der Waals surface area (Å²) in [7, 11) is 0. The SMILES string of the molecule is CC/C(=C(\c1ccc(O)cc1)c1ccc(CCCN2CCC(CN3CCN(c4ccc5c(c4)CN(C4CCC(=O)NC4=O)C5=O)CC3)CC2)cc1)c1ccccc1. The number of carbonyl (C=O) groups excluding carboxylic acids is 3. The molecular formula is C48H55N5O4. The Hall–Kier alpha value is -5.25. The Balaban J connectivity index is 0.779. The van der Waals surface area contributed by atoms with Crippen LogP contribution in [0.15, 0.2) is 97.1 Å². The molecule has 1 unspecified atom stereocenters. The molecule has 0 bridgehead atoms. The minimum atomic E-state index is -0.582. The standard InChI is InChI=1S/C48H55N5O4/c1-2-42(36-8-4-3-5-9-36)46(38-14-17-41(54)18-15-38)37-12-10-34(11-13-37)7-6-24-50-25-22-35(23-26-50)32-51-27-29-52(30-28-51)40-16-19-43-39(31-40)33-53(48(43)57)44-20-21-45(55)49-47(44)56/h3-5,8-19,31,35,44,54H,2,6-7,20-30,32-33H2,1H3,(H,49,55,56)/b46-42+. The number of imide groups is 1. The number of rotatable bonds is 12. The van der Waals surface area contributed by atoms with Gasteiger partial charge in [0.2, 0.25) is 11.8 Å². The second-order valence-corrected chi connectivity index (χ2v) is 16.2. The van der Waals surface area contributed by atoms with E-state index in [2.05, 4.69) is 87.6 Å². The van der Waals surface area contributed by atoms with Gasteiger partial charge in [0, 0.05) is 56.9 Å². The molecule has 9 nitrogen and oxygen atoms in total. The monoisotopic (exact) mass is 765 g/mol. The Bertz CT molecular complexity index is 2080. The Morgan fingerprint density at radius 3 is 2.14 bits per heavy atom. The molecule has 4 heterocycles. The molecule has 4 aliphatic rings. The molecule has 4 aromatic carbocycles. The molecule has 9 heteroatoms. The average Bonchev–Trinajstić information content (AvgIpc) is 3.56. The molecule has 3 saturated heterocycles. The first-order valence-electron chi connectivity index (χ1n) is 21.0. The van der Waals surface area contributed by atoms with Crippen LogP contribution in [-0.4, -0.2) is 95.9 Å². The van der Waals surface area contributed by atoms with Gasteiger partial charge in [-0.25, -0.2) is 0 Å². The van der Waals surface area contributed by atoms with Gasteiger partial charge < -0.3 is 19.8 Å². The van der Waals surface area contributed by atoms with Crippen LogP contribution in [0.1, 0.15) is 83.6 Å². The van der Waals surface area contributed by atoms with Crippen molar-refractivity contribution in [1.29, 1.82) is 0 Å². The van der Waals surface area contributed by atoms with Crippen LogP contribution in [-0.2, 0) is 22.6 Å². The van der Waals surface area contributed by atoms with E-state index >= 15 is 0 Å². The van der Waals surface area contributed by atoms with Crippen LogP contribution < -0.4 is 10.2 Å². The van der Waals surface area contributed by atoms with Gasteiger partial charge in [0.15, 0.2) is 0 Å². The average molecular weight is 766 g/mol. The number of aromatic hydroxyl groups is 1. The molecule has 0 saturated carbocycles. The van der Waals surface area contributed by atoms with Crippen molar-refractivity contribution in [3.8, 4) is 5.75 Å². The highest BCUT2D eigenvalue weighted by molar-refractivity contribution is 6.05. The summed E-state index contributed by atoms with van der Waals surface area (Å²) in [5, 5.41) is 12.4. The van der Waals surface area contributed by atoms with Crippen LogP contribution >= 0.6 is 0 Å². The number of allylic oxidation sites excluding steroid dienone is 1. The molecule has 0 aromatic heterocycles. The van der Waals surface area contributed by atoms with Crippen molar-refractivity contribution in [2.45, 2.75) is 64.5 Å². The predicted octanol–water partition coefficient (Wildman–Crippen LogP) is 6.99. The fourth-order valence-electron chi connectivity index (χ4n) is 9.36. The lowest BCUT2D eigenvalue weighted by atomic mass is 9.87. The topological polar surface area (TPSA) is 96.4 Å². The number of benzene rings is 4. The van der Waals surface area contributed by atoms with Gasteiger partial charge in [-0.15, -0.1) is 0 Å². The highest BCUT2D eigenvalue weighted by Gasteiger charge is 2.39. The molecule has 57 heavy (non-hydrogen) atoms. The third-order valence-electron chi connectivity index (χ3n) is 12.6. The molecule has 8 rings (SSSR count). The number of hydrogen-bond acceptors (Lipinski definition) is 7. The summed E-state index contributed by atoms with van der Waals surface area (Å²) in [5.74, 6) is 0.270. The molecular weight excluding hydrogens is 711 g/mol. The number of aryl methyl sites for hydroxylation is 1. The minimum Gasteiger partial charge on any atom is -0.508 e. The van der Waals surface area contributed by atoms with E-state index in [4.69, 9.17) is 0 Å². The maximum Gasteiger partial charge on any atom is 0.255 e. The summed E-state index contributed by atoms with van der Waals surface area (Å²) < 4.78 is 0. The largest absolute Gasteiger partial charge is 0.508 e. The predicted molar refractivity (Wildman–Crippen MR) is 226 cm³/mol. The number of piperidine rings is 2. The smallest absolute Gasteiger partial charge is 0.255 e. The molecule has 3 fully saturated rings. The zero-order chi connectivity index (χ0) is 39.3. The van der Waals surface area contributed by atoms with E-state index in [1.165, 1.54) is 53.8 Å². The van der Waals surface area contributed by atoms with Crippen LogP contribution in [0.25, 0.3) is 11.1 Å². The van der Waals surface area contributed by atoms with E-state index in [-0.39, 0.29) is 29.9 Å². The lowest BCUT2D eigenvalue weighted by Crippen LogP contribution is -2.52. The Morgan fingerprint density at radius 2 is 1.46 bits per heavy atom. The second-order valence-electron chi connectivity index (χ2n) is 16.2. The number of anilines is 1. The molecule has 1 atom stereocenters. The first kappa shape index (κ1) is 38.6. The minimum absolute atomic E-state index is 0.118. The number of nitrogens with zero attached hydrogens (tertiary/aromatic N) is 4. The van der Waals surface area contributed by atoms with E-state index in [9.17, 15) is 19.5 Å². The fraction of sp³-hybridized carbons (Fsp3) is 0.396. The lowest BCUT2D eigenvalue weighted by molar-refractivity contribution is -0.136. The zero-order valence-corrected chi connectivity index (χ0v) is 33.2. The second kappa shape index (κ2) is 17.5. The zero-order valence-electron chi connectivity index (χ0n) is 33.2. The number of hydrogen-bond donors (Lipinski definition) is 2. The summed E-state index contributed by atoms with van der Waals surface area (Å²) in [6, 6.07) is 32.9. The summed E-state index contributed by atoms with van der Waals surface area (Å²) in [5.41, 5.74) is 10.2. The van der Waals surface area contributed by atoms with Gasteiger partial charge in [-0.05, 0) is 133 Å². The van der Waals surface area contributed by atoms with Crippen LogP contribution in [0.5, 0.6) is 5.75 Å². The number of likely N-dealkylation sites (tertiary alicyclic amines) is 1. The number of piperazine rings is 1. The number of phenolic OH excluding ortho intramolecular Hbond substituents is 1. The molecule has 4 aromatic rings. The van der Waals surface area contributed by atoms with Gasteiger partial charge in [0.1, 0.15) is 11.8 Å². The number of fused-ring (bicyclic) bond motifs is 1. The Morgan fingerprint density at radius 1 is 0.754 bits per heavy atom. The van der Waals surface area contributed by atoms with Gasteiger partial charge in [-0.1, -0.05) is 73.7 Å². The van der Waals surface area contributed by atoms with Crippen LogP contribution in [0.3, 0.4) is 0 Å². The number of carbonyl (C=O) groups is 3. The van der Waals surface area contributed by atoms with Crippen molar-refractivity contribution in [2.75, 3.05) is 57.3 Å². The first-order chi connectivity index (χ1) is 27.8. The van der Waals surface area contributed by atoms with Gasteiger partial charge in [0.05, 0.1) is 0 Å². The Kier molecular flexibility index (Phi) is 11.8. The van der Waals surface area contributed by atoms with Crippen LogP contribution in [0.2, 0.25) is 0 Å². The van der Waals surface area contributed by atoms with E-state index in [0.717, 1.165) is 81.3 Å². The molecule has 0 radical (unpaired) electrons.